The number of hydroxylamine groups is 2. The molecule has 0 N–H and O–H groups in total. The standard InChI is InChI=1S/C27H29N3O4/c1-33-26(32)23-17-25(31)30(34-19-20-7-3-2-4-8-20)27(23)12-15-29(16-13-27)18-21-11-14-28-24-10-6-5-9-22(21)24/h2-11,14,23H,12-13,15-19H2,1H3/t23-/m1/s1. The Morgan fingerprint density at radius 1 is 1.06 bits per heavy atom. The number of carbonyl (C=O) groups is 2. The average Bonchev–Trinajstić information content (AvgIpc) is 3.15. The Hall–Kier alpha value is -3.29. The second kappa shape index (κ2) is 9.52. The smallest absolute Gasteiger partial charge is 0.311 e. The lowest BCUT2D eigenvalue weighted by molar-refractivity contribution is -0.229. The van der Waals surface area contributed by atoms with E-state index in [1.54, 1.807) is 0 Å². The number of hydrogen-bond donors (Lipinski definition) is 0. The van der Waals surface area contributed by atoms with E-state index in [4.69, 9.17) is 9.57 Å². The van der Waals surface area contributed by atoms with Gasteiger partial charge in [-0.15, -0.1) is 0 Å². The minimum atomic E-state index is -0.685. The van der Waals surface area contributed by atoms with Gasteiger partial charge in [0.1, 0.15) is 6.61 Å². The molecule has 34 heavy (non-hydrogen) atoms. The number of esters is 1. The first-order valence-electron chi connectivity index (χ1n) is 11.7. The molecule has 3 heterocycles. The summed E-state index contributed by atoms with van der Waals surface area (Å²) >= 11 is 0. The van der Waals surface area contributed by atoms with Crippen LogP contribution in [0.5, 0.6) is 0 Å². The third kappa shape index (κ3) is 4.17. The number of ether oxygens (including phenoxy) is 1. The topological polar surface area (TPSA) is 72.0 Å². The zero-order chi connectivity index (χ0) is 23.5. The molecule has 176 valence electrons. The number of hydrogen-bond acceptors (Lipinski definition) is 6. The molecule has 0 aliphatic carbocycles. The van der Waals surface area contributed by atoms with E-state index >= 15 is 0 Å². The molecular weight excluding hydrogens is 430 g/mol. The van der Waals surface area contributed by atoms with Crippen LogP contribution in [-0.2, 0) is 32.3 Å². The summed E-state index contributed by atoms with van der Waals surface area (Å²) in [5, 5.41) is 2.66. The van der Waals surface area contributed by atoms with Gasteiger partial charge in [-0.3, -0.25) is 24.3 Å². The van der Waals surface area contributed by atoms with E-state index in [-0.39, 0.29) is 24.9 Å². The number of piperidine rings is 1. The number of benzene rings is 2. The largest absolute Gasteiger partial charge is 0.469 e. The second-order valence-corrected chi connectivity index (χ2v) is 9.09. The second-order valence-electron chi connectivity index (χ2n) is 9.09. The van der Waals surface area contributed by atoms with Gasteiger partial charge in [0.15, 0.2) is 0 Å². The number of nitrogens with zero attached hydrogens (tertiary/aromatic N) is 3. The monoisotopic (exact) mass is 459 g/mol. The summed E-state index contributed by atoms with van der Waals surface area (Å²) in [5.74, 6) is -1.02. The van der Waals surface area contributed by atoms with E-state index in [2.05, 4.69) is 22.0 Å². The Balaban J connectivity index is 1.34. The molecule has 1 atom stereocenters. The van der Waals surface area contributed by atoms with Crippen LogP contribution in [-0.4, -0.2) is 52.6 Å². The van der Waals surface area contributed by atoms with Crippen molar-refractivity contribution in [3.8, 4) is 0 Å². The summed E-state index contributed by atoms with van der Waals surface area (Å²) in [6, 6.07) is 20.0. The minimum Gasteiger partial charge on any atom is -0.469 e. The molecule has 3 aromatic rings. The molecule has 7 nitrogen and oxygen atoms in total. The minimum absolute atomic E-state index is 0.121. The predicted octanol–water partition coefficient (Wildman–Crippen LogP) is 3.72. The van der Waals surface area contributed by atoms with Gasteiger partial charge in [0.2, 0.25) is 5.91 Å². The van der Waals surface area contributed by atoms with E-state index in [9.17, 15) is 9.59 Å². The van der Waals surface area contributed by atoms with Gasteiger partial charge in [-0.2, -0.15) is 0 Å². The van der Waals surface area contributed by atoms with Gasteiger partial charge in [-0.05, 0) is 36.1 Å². The summed E-state index contributed by atoms with van der Waals surface area (Å²) in [4.78, 5) is 38.6. The number of fused-ring (bicyclic) bond motifs is 1. The molecule has 0 unspecified atom stereocenters. The number of aromatic nitrogens is 1. The summed E-state index contributed by atoms with van der Waals surface area (Å²) < 4.78 is 5.10. The van der Waals surface area contributed by atoms with Crippen LogP contribution in [0.25, 0.3) is 10.9 Å². The zero-order valence-corrected chi connectivity index (χ0v) is 19.4. The van der Waals surface area contributed by atoms with Crippen molar-refractivity contribution >= 4 is 22.8 Å². The van der Waals surface area contributed by atoms with Crippen molar-refractivity contribution in [1.82, 2.24) is 14.9 Å². The maximum absolute atomic E-state index is 13.0. The van der Waals surface area contributed by atoms with Crippen molar-refractivity contribution in [3.63, 3.8) is 0 Å². The van der Waals surface area contributed by atoms with E-state index in [1.807, 2.05) is 54.7 Å². The molecule has 1 amide bonds. The number of para-hydroxylation sites is 1. The Bertz CT molecular complexity index is 1170. The number of likely N-dealkylation sites (tertiary alicyclic amines) is 1. The van der Waals surface area contributed by atoms with Crippen LogP contribution in [0.1, 0.15) is 30.4 Å². The average molecular weight is 460 g/mol. The van der Waals surface area contributed by atoms with Crippen LogP contribution in [0.2, 0.25) is 0 Å². The van der Waals surface area contributed by atoms with E-state index in [1.165, 1.54) is 17.7 Å². The van der Waals surface area contributed by atoms with Gasteiger partial charge in [-0.1, -0.05) is 48.5 Å². The van der Waals surface area contributed by atoms with Crippen molar-refractivity contribution in [2.75, 3.05) is 20.2 Å². The van der Waals surface area contributed by atoms with Gasteiger partial charge in [0.25, 0.3) is 0 Å². The van der Waals surface area contributed by atoms with Gasteiger partial charge in [0, 0.05) is 37.6 Å². The van der Waals surface area contributed by atoms with Crippen LogP contribution in [0.15, 0.2) is 66.9 Å². The maximum Gasteiger partial charge on any atom is 0.311 e. The lowest BCUT2D eigenvalue weighted by Gasteiger charge is -2.45. The van der Waals surface area contributed by atoms with Crippen LogP contribution in [0, 0.1) is 5.92 Å². The summed E-state index contributed by atoms with van der Waals surface area (Å²) in [6.07, 6.45) is 3.27. The number of rotatable bonds is 6. The quantitative estimate of drug-likeness (QED) is 0.523. The van der Waals surface area contributed by atoms with Gasteiger partial charge in [0.05, 0.1) is 24.1 Å². The van der Waals surface area contributed by atoms with Crippen molar-refractivity contribution in [2.24, 2.45) is 5.92 Å². The molecule has 2 aromatic carbocycles. The number of amides is 1. The van der Waals surface area contributed by atoms with Gasteiger partial charge >= 0.3 is 5.97 Å². The highest BCUT2D eigenvalue weighted by atomic mass is 16.7. The van der Waals surface area contributed by atoms with Crippen molar-refractivity contribution in [2.45, 2.75) is 38.0 Å². The van der Waals surface area contributed by atoms with Crippen molar-refractivity contribution in [1.29, 1.82) is 0 Å². The molecule has 1 spiro atoms. The first kappa shape index (κ1) is 22.5. The Morgan fingerprint density at radius 3 is 2.56 bits per heavy atom. The van der Waals surface area contributed by atoms with Crippen molar-refractivity contribution in [3.05, 3.63) is 78.0 Å². The van der Waals surface area contributed by atoms with E-state index in [0.29, 0.717) is 12.8 Å². The third-order valence-corrected chi connectivity index (χ3v) is 7.20. The van der Waals surface area contributed by atoms with Crippen LogP contribution in [0.4, 0.5) is 0 Å². The molecule has 0 bridgehead atoms. The molecule has 0 saturated carbocycles. The molecule has 2 saturated heterocycles. The van der Waals surface area contributed by atoms with E-state index < -0.39 is 11.5 Å². The fourth-order valence-electron chi connectivity index (χ4n) is 5.38. The molecule has 7 heteroatoms. The van der Waals surface area contributed by atoms with E-state index in [0.717, 1.165) is 36.1 Å². The highest BCUT2D eigenvalue weighted by Gasteiger charge is 2.58. The first-order valence-corrected chi connectivity index (χ1v) is 11.7. The Kier molecular flexibility index (Phi) is 6.30. The fourth-order valence-corrected chi connectivity index (χ4v) is 5.38. The highest BCUT2D eigenvalue weighted by molar-refractivity contribution is 5.88. The van der Waals surface area contributed by atoms with Crippen LogP contribution < -0.4 is 0 Å². The van der Waals surface area contributed by atoms with Gasteiger partial charge in [-0.25, -0.2) is 5.06 Å². The Labute approximate surface area is 199 Å². The maximum atomic E-state index is 13.0. The molecule has 2 aliphatic heterocycles. The highest BCUT2D eigenvalue weighted by Crippen LogP contribution is 2.45. The summed E-state index contributed by atoms with van der Waals surface area (Å²) in [7, 11) is 1.39. The van der Waals surface area contributed by atoms with Crippen LogP contribution >= 0.6 is 0 Å². The molecule has 5 rings (SSSR count). The summed E-state index contributed by atoms with van der Waals surface area (Å²) in [5.41, 5.74) is 2.51. The molecule has 1 aromatic heterocycles. The molecule has 2 fully saturated rings. The lowest BCUT2D eigenvalue weighted by atomic mass is 9.77. The number of methoxy groups -OCH3 is 1. The Morgan fingerprint density at radius 2 is 1.79 bits per heavy atom. The predicted molar refractivity (Wildman–Crippen MR) is 127 cm³/mol. The number of carbonyl (C=O) groups excluding carboxylic acids is 2. The molecular formula is C27H29N3O4. The first-order chi connectivity index (χ1) is 16.6. The molecule has 0 radical (unpaired) electrons. The zero-order valence-electron chi connectivity index (χ0n) is 19.4. The number of pyridine rings is 1. The third-order valence-electron chi connectivity index (χ3n) is 7.20. The van der Waals surface area contributed by atoms with Crippen LogP contribution in [0.3, 0.4) is 0 Å². The van der Waals surface area contributed by atoms with Gasteiger partial charge < -0.3 is 4.74 Å². The summed E-state index contributed by atoms with van der Waals surface area (Å²) in [6.45, 7) is 2.58. The normalized spacial score (nSPS) is 20.2. The lowest BCUT2D eigenvalue weighted by Crippen LogP contribution is -2.57. The fraction of sp³-hybridized carbons (Fsp3) is 0.370. The molecule has 2 aliphatic rings. The SMILES string of the molecule is COC(=O)[C@H]1CC(=O)N(OCc2ccccc2)C12CCN(Cc1ccnc3ccccc13)CC2. The van der Waals surface area contributed by atoms with Crippen molar-refractivity contribution < 1.29 is 19.2 Å².